The molecule has 3 N–H and O–H groups in total. The van der Waals surface area contributed by atoms with Crippen LogP contribution in [0.4, 0.5) is 0 Å². The van der Waals surface area contributed by atoms with Gasteiger partial charge in [-0.15, -0.1) is 0 Å². The third-order valence-corrected chi connectivity index (χ3v) is 2.12. The smallest absolute Gasteiger partial charge is 0.107 e. The standard InChI is InChI=1S/C9H17NO4/c11-7-9(13)8(12)1-2-10-3-5-14-6-4-10/h1-2,8-9,11-13H,3-7H2. The maximum absolute atomic E-state index is 9.29. The molecule has 0 bridgehead atoms. The van der Waals surface area contributed by atoms with E-state index in [1.165, 1.54) is 6.08 Å². The van der Waals surface area contributed by atoms with E-state index in [0.717, 1.165) is 13.1 Å². The lowest BCUT2D eigenvalue weighted by molar-refractivity contribution is 0.00809. The number of ether oxygens (including phenoxy) is 1. The van der Waals surface area contributed by atoms with Crippen LogP contribution in [0.3, 0.4) is 0 Å². The van der Waals surface area contributed by atoms with Crippen molar-refractivity contribution in [3.05, 3.63) is 12.3 Å². The maximum Gasteiger partial charge on any atom is 0.107 e. The van der Waals surface area contributed by atoms with Crippen molar-refractivity contribution in [2.45, 2.75) is 12.2 Å². The van der Waals surface area contributed by atoms with E-state index in [0.29, 0.717) is 13.2 Å². The Labute approximate surface area is 83.2 Å². The molecule has 0 aromatic carbocycles. The maximum atomic E-state index is 9.29. The first kappa shape index (κ1) is 11.5. The van der Waals surface area contributed by atoms with Gasteiger partial charge in [-0.25, -0.2) is 0 Å². The second kappa shape index (κ2) is 5.98. The summed E-state index contributed by atoms with van der Waals surface area (Å²) in [6.07, 6.45) is 1.09. The van der Waals surface area contributed by atoms with Gasteiger partial charge in [0, 0.05) is 13.1 Å². The van der Waals surface area contributed by atoms with Crippen molar-refractivity contribution in [1.29, 1.82) is 0 Å². The molecule has 5 heteroatoms. The fourth-order valence-electron chi connectivity index (χ4n) is 1.17. The van der Waals surface area contributed by atoms with Gasteiger partial charge in [-0.1, -0.05) is 0 Å². The van der Waals surface area contributed by atoms with Crippen LogP contribution in [-0.4, -0.2) is 65.3 Å². The Hall–Kier alpha value is -0.620. The molecule has 0 radical (unpaired) electrons. The topological polar surface area (TPSA) is 73.2 Å². The minimum absolute atomic E-state index is 0.436. The van der Waals surface area contributed by atoms with Crippen molar-refractivity contribution in [3.8, 4) is 0 Å². The molecule has 5 nitrogen and oxygen atoms in total. The molecule has 82 valence electrons. The van der Waals surface area contributed by atoms with Gasteiger partial charge in [0.2, 0.25) is 0 Å². The summed E-state index contributed by atoms with van der Waals surface area (Å²) in [7, 11) is 0. The summed E-state index contributed by atoms with van der Waals surface area (Å²) in [4.78, 5) is 2.00. The second-order valence-electron chi connectivity index (χ2n) is 3.23. The van der Waals surface area contributed by atoms with Crippen LogP contribution in [0, 0.1) is 0 Å². The van der Waals surface area contributed by atoms with Crippen molar-refractivity contribution in [1.82, 2.24) is 4.90 Å². The van der Waals surface area contributed by atoms with Crippen molar-refractivity contribution < 1.29 is 20.1 Å². The van der Waals surface area contributed by atoms with E-state index in [9.17, 15) is 5.11 Å². The highest BCUT2D eigenvalue weighted by atomic mass is 16.5. The fourth-order valence-corrected chi connectivity index (χ4v) is 1.17. The number of hydrogen-bond donors (Lipinski definition) is 3. The minimum Gasteiger partial charge on any atom is -0.394 e. The molecule has 1 aliphatic rings. The average molecular weight is 203 g/mol. The van der Waals surface area contributed by atoms with E-state index in [1.807, 2.05) is 4.90 Å². The highest BCUT2D eigenvalue weighted by Crippen LogP contribution is 2.00. The van der Waals surface area contributed by atoms with Crippen LogP contribution >= 0.6 is 0 Å². The number of aliphatic hydroxyl groups excluding tert-OH is 3. The normalized spacial score (nSPS) is 22.6. The predicted molar refractivity (Wildman–Crippen MR) is 50.6 cm³/mol. The predicted octanol–water partition coefficient (Wildman–Crippen LogP) is -1.45. The van der Waals surface area contributed by atoms with Gasteiger partial charge < -0.3 is 25.0 Å². The van der Waals surface area contributed by atoms with E-state index >= 15 is 0 Å². The van der Waals surface area contributed by atoms with Crippen LogP contribution in [0.25, 0.3) is 0 Å². The third-order valence-electron chi connectivity index (χ3n) is 2.12. The fraction of sp³-hybridized carbons (Fsp3) is 0.778. The van der Waals surface area contributed by atoms with Crippen LogP contribution in [0.2, 0.25) is 0 Å². The zero-order chi connectivity index (χ0) is 10.4. The molecule has 0 amide bonds. The molecule has 1 heterocycles. The van der Waals surface area contributed by atoms with Crippen molar-refractivity contribution in [2.24, 2.45) is 0 Å². The molecule has 0 spiro atoms. The Bertz CT molecular complexity index is 176. The van der Waals surface area contributed by atoms with Gasteiger partial charge in [0.15, 0.2) is 0 Å². The Morgan fingerprint density at radius 2 is 1.93 bits per heavy atom. The molecule has 14 heavy (non-hydrogen) atoms. The molecule has 1 rings (SSSR count). The summed E-state index contributed by atoms with van der Waals surface area (Å²) in [6, 6.07) is 0. The molecule has 0 aliphatic carbocycles. The molecule has 1 aliphatic heterocycles. The molecule has 2 atom stereocenters. The quantitative estimate of drug-likeness (QED) is 0.521. The number of hydrogen-bond acceptors (Lipinski definition) is 5. The summed E-state index contributed by atoms with van der Waals surface area (Å²) in [5, 5.41) is 26.9. The van der Waals surface area contributed by atoms with Crippen LogP contribution in [-0.2, 0) is 4.74 Å². The number of rotatable bonds is 4. The van der Waals surface area contributed by atoms with Crippen LogP contribution in [0.15, 0.2) is 12.3 Å². The SMILES string of the molecule is OCC(O)C(O)C=CN1CCOCC1. The molecular formula is C9H17NO4. The summed E-state index contributed by atoms with van der Waals surface area (Å²) in [5.74, 6) is 0. The molecule has 1 fully saturated rings. The van der Waals surface area contributed by atoms with Gasteiger partial charge in [0.05, 0.1) is 19.8 Å². The first-order valence-electron chi connectivity index (χ1n) is 4.71. The summed E-state index contributed by atoms with van der Waals surface area (Å²) >= 11 is 0. The lowest BCUT2D eigenvalue weighted by Gasteiger charge is -2.25. The van der Waals surface area contributed by atoms with Crippen molar-refractivity contribution in [2.75, 3.05) is 32.9 Å². The van der Waals surface area contributed by atoms with Gasteiger partial charge in [-0.05, 0) is 12.3 Å². The van der Waals surface area contributed by atoms with Crippen molar-refractivity contribution in [3.63, 3.8) is 0 Å². The zero-order valence-corrected chi connectivity index (χ0v) is 8.04. The number of aliphatic hydroxyl groups is 3. The molecular weight excluding hydrogens is 186 g/mol. The molecule has 1 saturated heterocycles. The number of nitrogens with zero attached hydrogens (tertiary/aromatic N) is 1. The van der Waals surface area contributed by atoms with Crippen molar-refractivity contribution >= 4 is 0 Å². The Morgan fingerprint density at radius 3 is 2.50 bits per heavy atom. The summed E-state index contributed by atoms with van der Waals surface area (Å²) < 4.78 is 5.15. The average Bonchev–Trinajstić information content (AvgIpc) is 2.26. The molecule has 0 aromatic rings. The van der Waals surface area contributed by atoms with E-state index < -0.39 is 18.8 Å². The largest absolute Gasteiger partial charge is 0.394 e. The first-order valence-corrected chi connectivity index (χ1v) is 4.71. The monoisotopic (exact) mass is 203 g/mol. The van der Waals surface area contributed by atoms with E-state index in [4.69, 9.17) is 14.9 Å². The highest BCUT2D eigenvalue weighted by Gasteiger charge is 2.12. The number of morpholine rings is 1. The zero-order valence-electron chi connectivity index (χ0n) is 8.04. The Balaban J connectivity index is 2.30. The van der Waals surface area contributed by atoms with E-state index in [-0.39, 0.29) is 0 Å². The van der Waals surface area contributed by atoms with Gasteiger partial charge in [0.25, 0.3) is 0 Å². The lowest BCUT2D eigenvalue weighted by Crippen LogP contribution is -2.33. The Kier molecular flexibility index (Phi) is 4.89. The van der Waals surface area contributed by atoms with E-state index in [1.54, 1.807) is 6.20 Å². The van der Waals surface area contributed by atoms with Gasteiger partial charge in [-0.2, -0.15) is 0 Å². The van der Waals surface area contributed by atoms with Crippen LogP contribution < -0.4 is 0 Å². The summed E-state index contributed by atoms with van der Waals surface area (Å²) in [5.41, 5.74) is 0. The van der Waals surface area contributed by atoms with Gasteiger partial charge in [-0.3, -0.25) is 0 Å². The Morgan fingerprint density at radius 1 is 1.29 bits per heavy atom. The van der Waals surface area contributed by atoms with Gasteiger partial charge in [0.1, 0.15) is 12.2 Å². The van der Waals surface area contributed by atoms with E-state index in [2.05, 4.69) is 0 Å². The minimum atomic E-state index is -1.10. The summed E-state index contributed by atoms with van der Waals surface area (Å²) in [6.45, 7) is 2.51. The molecule has 0 saturated carbocycles. The van der Waals surface area contributed by atoms with Crippen LogP contribution in [0.1, 0.15) is 0 Å². The molecule has 2 unspecified atom stereocenters. The first-order chi connectivity index (χ1) is 6.74. The molecule has 0 aromatic heterocycles. The van der Waals surface area contributed by atoms with Gasteiger partial charge >= 0.3 is 0 Å². The lowest BCUT2D eigenvalue weighted by atomic mass is 10.2. The van der Waals surface area contributed by atoms with Crippen LogP contribution in [0.5, 0.6) is 0 Å². The highest BCUT2D eigenvalue weighted by molar-refractivity contribution is 4.92. The second-order valence-corrected chi connectivity index (χ2v) is 3.23. The third kappa shape index (κ3) is 3.63.